The number of nitrogens with zero attached hydrogens (tertiary/aromatic N) is 3. The maximum absolute atomic E-state index is 9.76. The lowest BCUT2D eigenvalue weighted by Crippen LogP contribution is -2.26. The molecule has 0 saturated carbocycles. The van der Waals surface area contributed by atoms with E-state index in [-0.39, 0.29) is 0 Å². The summed E-state index contributed by atoms with van der Waals surface area (Å²) in [4.78, 5) is 11.6. The van der Waals surface area contributed by atoms with Gasteiger partial charge in [-0.1, -0.05) is 0 Å². The van der Waals surface area contributed by atoms with Crippen LogP contribution in [-0.2, 0) is 0 Å². The van der Waals surface area contributed by atoms with Crippen LogP contribution in [0.2, 0.25) is 0 Å². The fraction of sp³-hybridized carbons (Fsp3) is 0. The molecule has 0 aliphatic rings. The molecule has 0 saturated heterocycles. The smallest absolute Gasteiger partial charge is 0.390 e. The van der Waals surface area contributed by atoms with E-state index < -0.39 is 16.8 Å². The fourth-order valence-corrected chi connectivity index (χ4v) is 0.215. The van der Waals surface area contributed by atoms with Gasteiger partial charge in [0.05, 0.1) is 0 Å². The minimum atomic E-state index is -1.04. The molecule has 10 heavy (non-hydrogen) atoms. The third-order valence-corrected chi connectivity index (χ3v) is 0.482. The van der Waals surface area contributed by atoms with E-state index in [4.69, 9.17) is 16.7 Å². The molecule has 0 bridgehead atoms. The highest BCUT2D eigenvalue weighted by atomic mass is 16.6. The zero-order chi connectivity index (χ0) is 8.15. The molecule has 5 N–H and O–H groups in total. The SMILES string of the molecule is NC(N)=NC(=NO)[N+](=O)[O-]. The molecule has 0 fully saturated rings. The molecule has 0 spiro atoms. The van der Waals surface area contributed by atoms with Crippen molar-refractivity contribution in [2.24, 2.45) is 21.6 Å². The summed E-state index contributed by atoms with van der Waals surface area (Å²) in [5, 5.41) is 19.8. The normalized spacial score (nSPS) is 10.6. The van der Waals surface area contributed by atoms with E-state index in [0.717, 1.165) is 0 Å². The predicted molar refractivity (Wildman–Crippen MR) is 32.0 cm³/mol. The van der Waals surface area contributed by atoms with E-state index in [0.29, 0.717) is 0 Å². The summed E-state index contributed by atoms with van der Waals surface area (Å²) < 4.78 is 0. The van der Waals surface area contributed by atoms with Crippen molar-refractivity contribution in [2.45, 2.75) is 0 Å². The summed E-state index contributed by atoms with van der Waals surface area (Å²) in [5.41, 5.74) is 9.48. The van der Waals surface area contributed by atoms with Gasteiger partial charge in [-0.2, -0.15) is 0 Å². The van der Waals surface area contributed by atoms with Gasteiger partial charge >= 0.3 is 5.96 Å². The highest BCUT2D eigenvalue weighted by Crippen LogP contribution is 1.78. The Hall–Kier alpha value is -1.86. The summed E-state index contributed by atoms with van der Waals surface area (Å²) >= 11 is 0. The third-order valence-electron chi connectivity index (χ3n) is 0.482. The Morgan fingerprint density at radius 2 is 2.10 bits per heavy atom. The summed E-state index contributed by atoms with van der Waals surface area (Å²) in [7, 11) is 0. The molecular formula is C2H5N5O3. The van der Waals surface area contributed by atoms with Crippen LogP contribution in [0.15, 0.2) is 10.1 Å². The quantitative estimate of drug-likeness (QED) is 0.123. The van der Waals surface area contributed by atoms with Crippen LogP contribution in [-0.4, -0.2) is 22.0 Å². The van der Waals surface area contributed by atoms with Crippen molar-refractivity contribution in [3.8, 4) is 0 Å². The molecule has 0 aromatic carbocycles. The van der Waals surface area contributed by atoms with Gasteiger partial charge in [-0.15, -0.1) is 0 Å². The molecule has 0 radical (unpaired) electrons. The molecule has 0 aliphatic carbocycles. The average molecular weight is 147 g/mol. The molecule has 0 aromatic rings. The molecule has 8 nitrogen and oxygen atoms in total. The van der Waals surface area contributed by atoms with Crippen molar-refractivity contribution in [1.29, 1.82) is 0 Å². The predicted octanol–water partition coefficient (Wildman–Crippen LogP) is -1.72. The van der Waals surface area contributed by atoms with Crippen molar-refractivity contribution in [3.05, 3.63) is 10.1 Å². The summed E-state index contributed by atoms with van der Waals surface area (Å²) in [5.74, 6) is -1.58. The fourth-order valence-electron chi connectivity index (χ4n) is 0.215. The van der Waals surface area contributed by atoms with E-state index in [9.17, 15) is 10.1 Å². The van der Waals surface area contributed by atoms with Crippen molar-refractivity contribution in [1.82, 2.24) is 0 Å². The Morgan fingerprint density at radius 3 is 2.20 bits per heavy atom. The number of nitrogens with two attached hydrogens (primary N) is 2. The van der Waals surface area contributed by atoms with Crippen LogP contribution in [0.4, 0.5) is 0 Å². The second-order valence-corrected chi connectivity index (χ2v) is 1.19. The van der Waals surface area contributed by atoms with Crippen LogP contribution in [0.1, 0.15) is 0 Å². The Morgan fingerprint density at radius 1 is 1.60 bits per heavy atom. The lowest BCUT2D eigenvalue weighted by Gasteiger charge is -1.87. The summed E-state index contributed by atoms with van der Waals surface area (Å²) in [6.45, 7) is 0. The van der Waals surface area contributed by atoms with Gasteiger partial charge in [0.2, 0.25) is 0 Å². The maximum Gasteiger partial charge on any atom is 0.509 e. The molecular weight excluding hydrogens is 142 g/mol. The third kappa shape index (κ3) is 2.45. The van der Waals surface area contributed by atoms with Crippen LogP contribution < -0.4 is 11.5 Å². The Labute approximate surface area is 55.0 Å². The van der Waals surface area contributed by atoms with Gasteiger partial charge in [-0.3, -0.25) is 0 Å². The molecule has 0 unspecified atom stereocenters. The average Bonchev–Trinajstić information content (AvgIpc) is 1.81. The van der Waals surface area contributed by atoms with Crippen LogP contribution in [0.3, 0.4) is 0 Å². The number of guanidine groups is 2. The highest BCUT2D eigenvalue weighted by Gasteiger charge is 2.10. The maximum atomic E-state index is 9.76. The second-order valence-electron chi connectivity index (χ2n) is 1.19. The largest absolute Gasteiger partial charge is 0.509 e. The lowest BCUT2D eigenvalue weighted by molar-refractivity contribution is -0.354. The van der Waals surface area contributed by atoms with E-state index in [1.807, 2.05) is 0 Å². The van der Waals surface area contributed by atoms with Crippen LogP contribution in [0, 0.1) is 10.1 Å². The Kier molecular flexibility index (Phi) is 2.62. The molecule has 0 aromatic heterocycles. The number of nitro groups is 1. The van der Waals surface area contributed by atoms with Crippen LogP contribution in [0.5, 0.6) is 0 Å². The van der Waals surface area contributed by atoms with Gasteiger partial charge in [0.25, 0.3) is 5.96 Å². The number of oxime groups is 1. The topological polar surface area (TPSA) is 140 Å². The number of hydrogen-bond acceptors (Lipinski definition) is 4. The summed E-state index contributed by atoms with van der Waals surface area (Å²) in [6, 6.07) is 0. The monoisotopic (exact) mass is 147 g/mol. The van der Waals surface area contributed by atoms with Crippen molar-refractivity contribution in [2.75, 3.05) is 0 Å². The lowest BCUT2D eigenvalue weighted by atomic mass is 10.9. The first kappa shape index (κ1) is 8.14. The first-order valence-corrected chi connectivity index (χ1v) is 2.04. The van der Waals surface area contributed by atoms with Crippen LogP contribution >= 0.6 is 0 Å². The van der Waals surface area contributed by atoms with Crippen molar-refractivity contribution < 1.29 is 10.1 Å². The van der Waals surface area contributed by atoms with E-state index in [2.05, 4.69) is 10.1 Å². The minimum Gasteiger partial charge on any atom is -0.390 e. The molecule has 0 amide bonds. The van der Waals surface area contributed by atoms with Crippen molar-refractivity contribution >= 4 is 11.9 Å². The minimum absolute atomic E-state index is 0.537. The van der Waals surface area contributed by atoms with E-state index >= 15 is 0 Å². The van der Waals surface area contributed by atoms with Gasteiger partial charge in [0, 0.05) is 0 Å². The standard InChI is InChI=1S/C2H5N5O3/c3-1(4)5-2(6-8)7(9)10/h8H,(H4,3,4,5,6). The molecule has 0 atom stereocenters. The van der Waals surface area contributed by atoms with Crippen molar-refractivity contribution in [3.63, 3.8) is 0 Å². The zero-order valence-electron chi connectivity index (χ0n) is 4.76. The number of hydrogen-bond donors (Lipinski definition) is 3. The zero-order valence-corrected chi connectivity index (χ0v) is 4.76. The molecule has 0 heterocycles. The van der Waals surface area contributed by atoms with Gasteiger partial charge in [0.1, 0.15) is 5.16 Å². The number of rotatable bonds is 0. The van der Waals surface area contributed by atoms with Crippen LogP contribution in [0.25, 0.3) is 0 Å². The van der Waals surface area contributed by atoms with Gasteiger partial charge in [-0.05, 0) is 9.92 Å². The Bertz CT molecular complexity index is 191. The Balaban J connectivity index is 4.42. The van der Waals surface area contributed by atoms with E-state index in [1.54, 1.807) is 0 Å². The number of aliphatic imine (C=N–C) groups is 1. The second kappa shape index (κ2) is 3.22. The van der Waals surface area contributed by atoms with Gasteiger partial charge in [-0.25, -0.2) is 0 Å². The van der Waals surface area contributed by atoms with Gasteiger partial charge in [0.15, 0.2) is 0 Å². The molecule has 0 rings (SSSR count). The van der Waals surface area contributed by atoms with E-state index in [1.165, 1.54) is 0 Å². The molecule has 56 valence electrons. The molecule has 0 aliphatic heterocycles. The first-order chi connectivity index (χ1) is 4.57. The highest BCUT2D eigenvalue weighted by molar-refractivity contribution is 5.89. The molecule has 8 heteroatoms. The summed E-state index contributed by atoms with van der Waals surface area (Å²) in [6.07, 6.45) is 0. The first-order valence-electron chi connectivity index (χ1n) is 2.04. The van der Waals surface area contributed by atoms with Gasteiger partial charge < -0.3 is 26.8 Å².